The molecule has 146 valence electrons. The lowest BCUT2D eigenvalue weighted by molar-refractivity contribution is -0.151. The van der Waals surface area contributed by atoms with Gasteiger partial charge in [0.2, 0.25) is 5.91 Å². The lowest BCUT2D eigenvalue weighted by Gasteiger charge is -2.16. The molecule has 1 aliphatic heterocycles. The monoisotopic (exact) mass is 382 g/mol. The normalized spacial score (nSPS) is 16.0. The second-order valence-electron chi connectivity index (χ2n) is 6.55. The highest BCUT2D eigenvalue weighted by molar-refractivity contribution is 5.93. The fourth-order valence-corrected chi connectivity index (χ4v) is 3.04. The van der Waals surface area contributed by atoms with E-state index in [1.54, 1.807) is 29.2 Å². The molecule has 1 aliphatic rings. The molecular formula is C21H22N2O5. The van der Waals surface area contributed by atoms with E-state index in [0.29, 0.717) is 24.5 Å². The van der Waals surface area contributed by atoms with Crippen LogP contribution >= 0.6 is 0 Å². The van der Waals surface area contributed by atoms with Gasteiger partial charge in [-0.25, -0.2) is 0 Å². The van der Waals surface area contributed by atoms with Crippen molar-refractivity contribution in [2.24, 2.45) is 5.92 Å². The average molecular weight is 382 g/mol. The smallest absolute Gasteiger partial charge is 0.311 e. The zero-order valence-electron chi connectivity index (χ0n) is 15.6. The molecule has 7 heteroatoms. The van der Waals surface area contributed by atoms with Gasteiger partial charge in [0, 0.05) is 31.3 Å². The highest BCUT2D eigenvalue weighted by atomic mass is 16.5. The fraction of sp³-hybridized carbons (Fsp3) is 0.286. The van der Waals surface area contributed by atoms with Gasteiger partial charge in [-0.3, -0.25) is 14.4 Å². The number of hydrogen-bond donors (Lipinski definition) is 1. The number of methoxy groups -OCH3 is 1. The molecule has 0 bridgehead atoms. The summed E-state index contributed by atoms with van der Waals surface area (Å²) in [5.74, 6) is -1.03. The number of anilines is 1. The first-order valence-corrected chi connectivity index (χ1v) is 8.97. The van der Waals surface area contributed by atoms with Gasteiger partial charge < -0.3 is 19.7 Å². The van der Waals surface area contributed by atoms with Gasteiger partial charge in [-0.2, -0.15) is 0 Å². The Kier molecular flexibility index (Phi) is 6.26. The molecule has 1 atom stereocenters. The minimum atomic E-state index is -0.555. The lowest BCUT2D eigenvalue weighted by Crippen LogP contribution is -2.28. The van der Waals surface area contributed by atoms with Crippen LogP contribution in [0.15, 0.2) is 54.6 Å². The Labute approximate surface area is 163 Å². The third-order valence-corrected chi connectivity index (χ3v) is 4.46. The summed E-state index contributed by atoms with van der Waals surface area (Å²) in [6.45, 7) is 0.350. The van der Waals surface area contributed by atoms with Gasteiger partial charge in [0.25, 0.3) is 5.91 Å². The highest BCUT2D eigenvalue weighted by Crippen LogP contribution is 2.21. The van der Waals surface area contributed by atoms with Crippen LogP contribution in [0.2, 0.25) is 0 Å². The molecule has 1 heterocycles. The number of nitrogens with zero attached hydrogens (tertiary/aromatic N) is 1. The molecule has 0 aliphatic carbocycles. The summed E-state index contributed by atoms with van der Waals surface area (Å²) in [6, 6.07) is 16.5. The number of likely N-dealkylation sites (tertiary alicyclic amines) is 1. The Morgan fingerprint density at radius 1 is 1.14 bits per heavy atom. The van der Waals surface area contributed by atoms with Crippen molar-refractivity contribution in [3.63, 3.8) is 0 Å². The molecule has 7 nitrogen and oxygen atoms in total. The maximum atomic E-state index is 12.2. The maximum absolute atomic E-state index is 12.2. The molecule has 2 aromatic rings. The van der Waals surface area contributed by atoms with Crippen LogP contribution in [-0.4, -0.2) is 42.9 Å². The van der Waals surface area contributed by atoms with Crippen molar-refractivity contribution in [1.82, 2.24) is 4.90 Å². The molecule has 0 spiro atoms. The Bertz CT molecular complexity index is 853. The summed E-state index contributed by atoms with van der Waals surface area (Å²) in [4.78, 5) is 38.0. The number of benzene rings is 2. The number of nitrogens with one attached hydrogen (secondary N) is 1. The Morgan fingerprint density at radius 3 is 2.68 bits per heavy atom. The molecule has 0 unspecified atom stereocenters. The first kappa shape index (κ1) is 19.4. The van der Waals surface area contributed by atoms with Crippen molar-refractivity contribution >= 4 is 23.5 Å². The predicted octanol–water partition coefficient (Wildman–Crippen LogP) is 2.23. The summed E-state index contributed by atoms with van der Waals surface area (Å²) < 4.78 is 10.2. The van der Waals surface area contributed by atoms with Gasteiger partial charge in [0.15, 0.2) is 6.61 Å². The molecule has 0 saturated carbocycles. The Hall–Kier alpha value is -3.35. The van der Waals surface area contributed by atoms with Crippen molar-refractivity contribution in [3.05, 3.63) is 60.2 Å². The first-order valence-electron chi connectivity index (χ1n) is 8.97. The quantitative estimate of drug-likeness (QED) is 0.743. The maximum Gasteiger partial charge on any atom is 0.311 e. The minimum absolute atomic E-state index is 0.0911. The average Bonchev–Trinajstić information content (AvgIpc) is 3.07. The predicted molar refractivity (Wildman–Crippen MR) is 103 cm³/mol. The third-order valence-electron chi connectivity index (χ3n) is 4.46. The molecule has 1 N–H and O–H groups in total. The van der Waals surface area contributed by atoms with Crippen LogP contribution in [0.3, 0.4) is 0 Å². The zero-order valence-corrected chi connectivity index (χ0v) is 15.6. The molecule has 1 fully saturated rings. The zero-order chi connectivity index (χ0) is 19.9. The van der Waals surface area contributed by atoms with Crippen molar-refractivity contribution in [2.45, 2.75) is 13.0 Å². The molecule has 1 saturated heterocycles. The number of carbonyl (C=O) groups is 3. The topological polar surface area (TPSA) is 84.9 Å². The van der Waals surface area contributed by atoms with Gasteiger partial charge in [0.1, 0.15) is 5.75 Å². The molecule has 0 radical (unpaired) electrons. The van der Waals surface area contributed by atoms with E-state index in [2.05, 4.69) is 5.32 Å². The molecule has 28 heavy (non-hydrogen) atoms. The van der Waals surface area contributed by atoms with Crippen LogP contribution in [0.25, 0.3) is 0 Å². The van der Waals surface area contributed by atoms with E-state index in [4.69, 9.17) is 9.47 Å². The van der Waals surface area contributed by atoms with Gasteiger partial charge in [-0.05, 0) is 17.7 Å². The SMILES string of the molecule is COc1cccc(NC(=O)COC(=O)[C@H]2CC(=O)N(Cc3ccccc3)C2)c1. The number of rotatable bonds is 7. The second-order valence-corrected chi connectivity index (χ2v) is 6.55. The van der Waals surface area contributed by atoms with Gasteiger partial charge >= 0.3 is 5.97 Å². The number of amides is 2. The number of ether oxygens (including phenoxy) is 2. The van der Waals surface area contributed by atoms with E-state index in [1.165, 1.54) is 7.11 Å². The molecule has 0 aromatic heterocycles. The minimum Gasteiger partial charge on any atom is -0.497 e. The summed E-state index contributed by atoms with van der Waals surface area (Å²) in [5.41, 5.74) is 1.55. The van der Waals surface area contributed by atoms with Crippen molar-refractivity contribution in [2.75, 3.05) is 25.6 Å². The van der Waals surface area contributed by atoms with Crippen molar-refractivity contribution in [3.8, 4) is 5.75 Å². The van der Waals surface area contributed by atoms with Crippen LogP contribution in [0.4, 0.5) is 5.69 Å². The van der Waals surface area contributed by atoms with Gasteiger partial charge in [0.05, 0.1) is 13.0 Å². The van der Waals surface area contributed by atoms with E-state index in [1.807, 2.05) is 30.3 Å². The lowest BCUT2D eigenvalue weighted by atomic mass is 10.1. The van der Waals surface area contributed by atoms with Crippen molar-refractivity contribution < 1.29 is 23.9 Å². The number of esters is 1. The molecule has 2 amide bonds. The van der Waals surface area contributed by atoms with Crippen LogP contribution in [0, 0.1) is 5.92 Å². The highest BCUT2D eigenvalue weighted by Gasteiger charge is 2.35. The standard InChI is InChI=1S/C21H22N2O5/c1-27-18-9-5-8-17(11-18)22-19(24)14-28-21(26)16-10-20(25)23(13-16)12-15-6-3-2-4-7-15/h2-9,11,16H,10,12-14H2,1H3,(H,22,24)/t16-/m0/s1. The van der Waals surface area contributed by atoms with E-state index in [9.17, 15) is 14.4 Å². The van der Waals surface area contributed by atoms with E-state index < -0.39 is 24.4 Å². The third kappa shape index (κ3) is 5.09. The molecule has 2 aromatic carbocycles. The van der Waals surface area contributed by atoms with Gasteiger partial charge in [-0.15, -0.1) is 0 Å². The first-order chi connectivity index (χ1) is 13.5. The van der Waals surface area contributed by atoms with E-state index in [0.717, 1.165) is 5.56 Å². The second kappa shape index (κ2) is 9.03. The Morgan fingerprint density at radius 2 is 1.93 bits per heavy atom. The molecule has 3 rings (SSSR count). The van der Waals surface area contributed by atoms with E-state index >= 15 is 0 Å². The van der Waals surface area contributed by atoms with Crippen LogP contribution in [0.5, 0.6) is 5.75 Å². The fourth-order valence-electron chi connectivity index (χ4n) is 3.04. The summed E-state index contributed by atoms with van der Waals surface area (Å²) in [7, 11) is 1.53. The Balaban J connectivity index is 1.47. The largest absolute Gasteiger partial charge is 0.497 e. The number of carbonyl (C=O) groups excluding carboxylic acids is 3. The number of hydrogen-bond acceptors (Lipinski definition) is 5. The van der Waals surface area contributed by atoms with Crippen LogP contribution < -0.4 is 10.1 Å². The summed E-state index contributed by atoms with van der Waals surface area (Å²) in [5, 5.41) is 2.64. The summed E-state index contributed by atoms with van der Waals surface area (Å²) in [6.07, 6.45) is 0.100. The van der Waals surface area contributed by atoms with E-state index in [-0.39, 0.29) is 12.3 Å². The molecular weight excluding hydrogens is 360 g/mol. The summed E-state index contributed by atoms with van der Waals surface area (Å²) >= 11 is 0. The van der Waals surface area contributed by atoms with Gasteiger partial charge in [-0.1, -0.05) is 36.4 Å². The van der Waals surface area contributed by atoms with Crippen LogP contribution in [-0.2, 0) is 25.7 Å². The van der Waals surface area contributed by atoms with Crippen LogP contribution in [0.1, 0.15) is 12.0 Å². The van der Waals surface area contributed by atoms with Crippen molar-refractivity contribution in [1.29, 1.82) is 0 Å².